The highest BCUT2D eigenvalue weighted by Gasteiger charge is 2.40. The fourth-order valence-corrected chi connectivity index (χ4v) is 3.39. The van der Waals surface area contributed by atoms with Crippen LogP contribution < -0.4 is 5.32 Å². The number of halogens is 1. The lowest BCUT2D eigenvalue weighted by Gasteiger charge is -2.25. The van der Waals surface area contributed by atoms with E-state index in [0.29, 0.717) is 0 Å². The van der Waals surface area contributed by atoms with Crippen LogP contribution in [-0.4, -0.2) is 12.6 Å². The molecule has 16 heavy (non-hydrogen) atoms. The fourth-order valence-electron chi connectivity index (χ4n) is 3.39. The fraction of sp³-hybridized carbons (Fsp3) is 0.571. The summed E-state index contributed by atoms with van der Waals surface area (Å²) >= 11 is 0. The second kappa shape index (κ2) is 4.38. The first-order valence-electron chi connectivity index (χ1n) is 6.05. The van der Waals surface area contributed by atoms with Crippen LogP contribution in [0.15, 0.2) is 18.2 Å². The maximum atomic E-state index is 3.59. The molecule has 2 heteroatoms. The maximum Gasteiger partial charge on any atom is 0.00764 e. The van der Waals surface area contributed by atoms with Gasteiger partial charge in [-0.25, -0.2) is 0 Å². The molecule has 1 aromatic carbocycles. The molecule has 3 rings (SSSR count). The zero-order chi connectivity index (χ0) is 10.4. The predicted molar refractivity (Wildman–Crippen MR) is 70.4 cm³/mol. The minimum atomic E-state index is 0. The van der Waals surface area contributed by atoms with Gasteiger partial charge < -0.3 is 5.32 Å². The summed E-state index contributed by atoms with van der Waals surface area (Å²) in [6, 6.07) is 7.59. The molecule has 1 saturated carbocycles. The van der Waals surface area contributed by atoms with Crippen molar-refractivity contribution >= 4 is 12.4 Å². The maximum absolute atomic E-state index is 3.59. The Balaban J connectivity index is 0.000000963. The summed E-state index contributed by atoms with van der Waals surface area (Å²) in [5, 5.41) is 3.59. The molecule has 1 heterocycles. The van der Waals surface area contributed by atoms with E-state index in [0.717, 1.165) is 17.9 Å². The van der Waals surface area contributed by atoms with Crippen molar-refractivity contribution < 1.29 is 0 Å². The van der Waals surface area contributed by atoms with Gasteiger partial charge in [-0.3, -0.25) is 0 Å². The Labute approximate surface area is 104 Å². The van der Waals surface area contributed by atoms with Crippen molar-refractivity contribution in [3.05, 3.63) is 34.9 Å². The van der Waals surface area contributed by atoms with Gasteiger partial charge in [0.2, 0.25) is 0 Å². The summed E-state index contributed by atoms with van der Waals surface area (Å²) in [6.45, 7) is 5.75. The summed E-state index contributed by atoms with van der Waals surface area (Å²) in [4.78, 5) is 0. The second-order valence-corrected chi connectivity index (χ2v) is 5.23. The van der Waals surface area contributed by atoms with Crippen LogP contribution in [0, 0.1) is 19.8 Å². The van der Waals surface area contributed by atoms with Crippen molar-refractivity contribution in [1.82, 2.24) is 5.32 Å². The number of rotatable bonds is 1. The van der Waals surface area contributed by atoms with Gasteiger partial charge in [-0.2, -0.15) is 0 Å². The average molecular weight is 238 g/mol. The Morgan fingerprint density at radius 1 is 1.19 bits per heavy atom. The first-order chi connectivity index (χ1) is 7.25. The quantitative estimate of drug-likeness (QED) is 0.791. The number of benzene rings is 1. The molecule has 1 saturated heterocycles. The Bertz CT molecular complexity index is 388. The number of hydrogen-bond donors (Lipinski definition) is 1. The summed E-state index contributed by atoms with van der Waals surface area (Å²) < 4.78 is 0. The van der Waals surface area contributed by atoms with Crippen molar-refractivity contribution in [3.63, 3.8) is 0 Å². The van der Waals surface area contributed by atoms with Gasteiger partial charge in [0.15, 0.2) is 0 Å². The Kier molecular flexibility index (Phi) is 3.27. The van der Waals surface area contributed by atoms with E-state index in [9.17, 15) is 0 Å². The highest BCUT2D eigenvalue weighted by Crippen LogP contribution is 2.44. The van der Waals surface area contributed by atoms with Crippen molar-refractivity contribution in [1.29, 1.82) is 0 Å². The molecule has 0 spiro atoms. The predicted octanol–water partition coefficient (Wildman–Crippen LogP) is 3.19. The lowest BCUT2D eigenvalue weighted by molar-refractivity contribution is 0.439. The van der Waals surface area contributed by atoms with Crippen LogP contribution in [0.25, 0.3) is 0 Å². The topological polar surface area (TPSA) is 12.0 Å². The molecule has 2 bridgehead atoms. The van der Waals surface area contributed by atoms with Crippen molar-refractivity contribution in [2.24, 2.45) is 5.92 Å². The molecule has 1 aromatic rings. The summed E-state index contributed by atoms with van der Waals surface area (Å²) in [6.07, 6.45) is 2.76. The third-order valence-electron chi connectivity index (χ3n) is 4.41. The standard InChI is InChI=1S/C14H19N.ClH/c1-9-4-3-5-13(10(9)2)14-7-12-6-11(14)8-15-12;/h3-5,11-12,14-15H,6-8H2,1-2H3;1H/t11-,12-,14+;/m1./s1. The molecule has 2 aliphatic rings. The second-order valence-electron chi connectivity index (χ2n) is 5.23. The SMILES string of the molecule is Cc1cccc([C@H]2C[C@H]3C[C@@H]2CN3)c1C.Cl. The van der Waals surface area contributed by atoms with Crippen LogP contribution in [0.4, 0.5) is 0 Å². The molecule has 0 unspecified atom stereocenters. The highest BCUT2D eigenvalue weighted by atomic mass is 35.5. The molecule has 0 radical (unpaired) electrons. The number of aryl methyl sites for hydroxylation is 1. The monoisotopic (exact) mass is 237 g/mol. The summed E-state index contributed by atoms with van der Waals surface area (Å²) in [7, 11) is 0. The normalized spacial score (nSPS) is 31.5. The molecule has 1 aliphatic carbocycles. The highest BCUT2D eigenvalue weighted by molar-refractivity contribution is 5.85. The lowest BCUT2D eigenvalue weighted by Crippen LogP contribution is -2.28. The third kappa shape index (κ3) is 1.76. The molecule has 88 valence electrons. The van der Waals surface area contributed by atoms with Crippen molar-refractivity contribution in [2.75, 3.05) is 6.54 Å². The van der Waals surface area contributed by atoms with Gasteiger partial charge in [0.05, 0.1) is 0 Å². The minimum Gasteiger partial charge on any atom is -0.314 e. The van der Waals surface area contributed by atoms with Crippen LogP contribution in [0.5, 0.6) is 0 Å². The summed E-state index contributed by atoms with van der Waals surface area (Å²) in [5.74, 6) is 1.73. The molecule has 1 aliphatic heterocycles. The van der Waals surface area contributed by atoms with Crippen molar-refractivity contribution in [3.8, 4) is 0 Å². The van der Waals surface area contributed by atoms with E-state index in [1.54, 1.807) is 5.56 Å². The van der Waals surface area contributed by atoms with Gasteiger partial charge in [0.1, 0.15) is 0 Å². The van der Waals surface area contributed by atoms with E-state index < -0.39 is 0 Å². The molecule has 1 N–H and O–H groups in total. The van der Waals surface area contributed by atoms with E-state index in [1.165, 1.54) is 30.5 Å². The smallest absolute Gasteiger partial charge is 0.00764 e. The molecule has 0 amide bonds. The third-order valence-corrected chi connectivity index (χ3v) is 4.41. The van der Waals surface area contributed by atoms with E-state index in [2.05, 4.69) is 37.4 Å². The Morgan fingerprint density at radius 3 is 2.62 bits per heavy atom. The van der Waals surface area contributed by atoms with Gasteiger partial charge >= 0.3 is 0 Å². The van der Waals surface area contributed by atoms with E-state index >= 15 is 0 Å². The Hall–Kier alpha value is -0.530. The molecule has 0 aromatic heterocycles. The Morgan fingerprint density at radius 2 is 2.00 bits per heavy atom. The molecular formula is C14H20ClN. The van der Waals surface area contributed by atoms with Crippen LogP contribution in [-0.2, 0) is 0 Å². The van der Waals surface area contributed by atoms with E-state index in [1.807, 2.05) is 0 Å². The first-order valence-corrected chi connectivity index (χ1v) is 6.05. The van der Waals surface area contributed by atoms with Gasteiger partial charge in [-0.1, -0.05) is 18.2 Å². The zero-order valence-electron chi connectivity index (χ0n) is 9.99. The van der Waals surface area contributed by atoms with Gasteiger partial charge in [0, 0.05) is 6.04 Å². The molecule has 2 fully saturated rings. The average Bonchev–Trinajstić information content (AvgIpc) is 2.83. The first kappa shape index (κ1) is 11.9. The number of fused-ring (bicyclic) bond motifs is 2. The number of piperidine rings is 1. The van der Waals surface area contributed by atoms with Crippen LogP contribution in [0.1, 0.15) is 35.4 Å². The van der Waals surface area contributed by atoms with Crippen LogP contribution >= 0.6 is 12.4 Å². The molecule has 3 atom stereocenters. The lowest BCUT2D eigenvalue weighted by atomic mass is 9.84. The summed E-state index contributed by atoms with van der Waals surface area (Å²) in [5.41, 5.74) is 4.59. The van der Waals surface area contributed by atoms with Crippen LogP contribution in [0.2, 0.25) is 0 Å². The molecular weight excluding hydrogens is 218 g/mol. The number of nitrogens with one attached hydrogen (secondary N) is 1. The van der Waals surface area contributed by atoms with E-state index in [-0.39, 0.29) is 12.4 Å². The minimum absolute atomic E-state index is 0. The van der Waals surface area contributed by atoms with Crippen molar-refractivity contribution in [2.45, 2.75) is 38.6 Å². The largest absolute Gasteiger partial charge is 0.314 e. The van der Waals surface area contributed by atoms with E-state index in [4.69, 9.17) is 0 Å². The zero-order valence-corrected chi connectivity index (χ0v) is 10.8. The van der Waals surface area contributed by atoms with Gasteiger partial charge in [-0.15, -0.1) is 12.4 Å². The molecule has 1 nitrogen and oxygen atoms in total. The van der Waals surface area contributed by atoms with Crippen LogP contribution in [0.3, 0.4) is 0 Å². The number of hydrogen-bond acceptors (Lipinski definition) is 1. The van der Waals surface area contributed by atoms with Gasteiger partial charge in [-0.05, 0) is 61.8 Å². The van der Waals surface area contributed by atoms with Gasteiger partial charge in [0.25, 0.3) is 0 Å².